The number of nitrogens with zero attached hydrogens (tertiary/aromatic N) is 1. The van der Waals surface area contributed by atoms with E-state index in [1.165, 1.54) is 5.56 Å². The van der Waals surface area contributed by atoms with Crippen molar-refractivity contribution in [3.63, 3.8) is 0 Å². The van der Waals surface area contributed by atoms with E-state index in [9.17, 15) is 0 Å². The molecule has 0 aliphatic carbocycles. The van der Waals surface area contributed by atoms with E-state index in [2.05, 4.69) is 44.5 Å². The van der Waals surface area contributed by atoms with E-state index in [1.807, 2.05) is 6.20 Å². The van der Waals surface area contributed by atoms with Gasteiger partial charge < -0.3 is 15.4 Å². The first-order valence-electron chi connectivity index (χ1n) is 6.94. The first kappa shape index (κ1) is 14.8. The molecule has 5 heteroatoms. The Balaban J connectivity index is 1.59. The highest BCUT2D eigenvalue weighted by Crippen LogP contribution is 2.17. The minimum atomic E-state index is 0.453. The number of halogens is 1. The lowest BCUT2D eigenvalue weighted by Gasteiger charge is -2.22. The van der Waals surface area contributed by atoms with Gasteiger partial charge in [0.2, 0.25) is 0 Å². The van der Waals surface area contributed by atoms with Gasteiger partial charge in [0.15, 0.2) is 0 Å². The number of nitrogens with one attached hydrogen (secondary N) is 2. The van der Waals surface area contributed by atoms with Crippen LogP contribution >= 0.6 is 15.9 Å². The van der Waals surface area contributed by atoms with Crippen LogP contribution in [-0.4, -0.2) is 37.3 Å². The third-order valence-corrected chi connectivity index (χ3v) is 4.14. The highest BCUT2D eigenvalue weighted by Gasteiger charge is 2.12. The summed E-state index contributed by atoms with van der Waals surface area (Å²) in [5.74, 6) is 0.933. The quantitative estimate of drug-likeness (QED) is 0.789. The summed E-state index contributed by atoms with van der Waals surface area (Å²) in [6.07, 6.45) is 5.58. The van der Waals surface area contributed by atoms with Crippen LogP contribution in [0.2, 0.25) is 0 Å². The van der Waals surface area contributed by atoms with Gasteiger partial charge in [-0.05, 0) is 66.8 Å². The van der Waals surface area contributed by atoms with Gasteiger partial charge in [0, 0.05) is 23.8 Å². The van der Waals surface area contributed by atoms with Crippen molar-refractivity contribution in [2.24, 2.45) is 0 Å². The second-order valence-electron chi connectivity index (χ2n) is 4.92. The SMILES string of the molecule is Cc1cc(NCCCOC2CCNCC2)ncc1Br. The molecule has 0 spiro atoms. The highest BCUT2D eigenvalue weighted by molar-refractivity contribution is 9.10. The molecule has 1 fully saturated rings. The predicted octanol–water partition coefficient (Wildman–Crippen LogP) is 2.72. The Morgan fingerprint density at radius 1 is 1.47 bits per heavy atom. The molecule has 1 aliphatic rings. The summed E-state index contributed by atoms with van der Waals surface area (Å²) in [5.41, 5.74) is 1.20. The van der Waals surface area contributed by atoms with Crippen molar-refractivity contribution in [3.8, 4) is 0 Å². The van der Waals surface area contributed by atoms with Crippen LogP contribution in [0.25, 0.3) is 0 Å². The highest BCUT2D eigenvalue weighted by atomic mass is 79.9. The van der Waals surface area contributed by atoms with E-state index in [4.69, 9.17) is 4.74 Å². The fourth-order valence-corrected chi connectivity index (χ4v) is 2.35. The van der Waals surface area contributed by atoms with Crippen molar-refractivity contribution in [3.05, 3.63) is 22.3 Å². The summed E-state index contributed by atoms with van der Waals surface area (Å²) in [4.78, 5) is 4.32. The molecule has 0 amide bonds. The van der Waals surface area contributed by atoms with Crippen LogP contribution in [0, 0.1) is 6.92 Å². The summed E-state index contributed by atoms with van der Waals surface area (Å²) in [7, 11) is 0. The summed E-state index contributed by atoms with van der Waals surface area (Å²) in [6.45, 7) is 5.97. The van der Waals surface area contributed by atoms with Crippen LogP contribution in [0.1, 0.15) is 24.8 Å². The minimum Gasteiger partial charge on any atom is -0.378 e. The molecule has 1 saturated heterocycles. The van der Waals surface area contributed by atoms with Crippen LogP contribution < -0.4 is 10.6 Å². The van der Waals surface area contributed by atoms with Crippen LogP contribution in [-0.2, 0) is 4.74 Å². The molecule has 1 aliphatic heterocycles. The third-order valence-electron chi connectivity index (χ3n) is 3.31. The topological polar surface area (TPSA) is 46.2 Å². The molecule has 0 unspecified atom stereocenters. The van der Waals surface area contributed by atoms with Gasteiger partial charge in [-0.3, -0.25) is 0 Å². The molecule has 0 saturated carbocycles. The Morgan fingerprint density at radius 2 is 2.26 bits per heavy atom. The third kappa shape index (κ3) is 5.09. The lowest BCUT2D eigenvalue weighted by Crippen LogP contribution is -2.32. The van der Waals surface area contributed by atoms with E-state index < -0.39 is 0 Å². The molecule has 0 atom stereocenters. The lowest BCUT2D eigenvalue weighted by atomic mass is 10.1. The fraction of sp³-hybridized carbons (Fsp3) is 0.643. The normalized spacial score (nSPS) is 16.5. The number of hydrogen-bond donors (Lipinski definition) is 2. The maximum atomic E-state index is 5.86. The average molecular weight is 328 g/mol. The number of hydrogen-bond acceptors (Lipinski definition) is 4. The Bertz CT molecular complexity index is 394. The number of ether oxygens (including phenoxy) is 1. The van der Waals surface area contributed by atoms with E-state index >= 15 is 0 Å². The van der Waals surface area contributed by atoms with Gasteiger partial charge in [0.25, 0.3) is 0 Å². The molecule has 0 radical (unpaired) electrons. The molecule has 0 aromatic carbocycles. The second kappa shape index (κ2) is 7.82. The number of anilines is 1. The van der Waals surface area contributed by atoms with Gasteiger partial charge in [0.1, 0.15) is 5.82 Å². The van der Waals surface area contributed by atoms with Gasteiger partial charge in [-0.15, -0.1) is 0 Å². The van der Waals surface area contributed by atoms with Crippen molar-refractivity contribution in [1.82, 2.24) is 10.3 Å². The van der Waals surface area contributed by atoms with Crippen molar-refractivity contribution in [2.45, 2.75) is 32.3 Å². The first-order chi connectivity index (χ1) is 9.25. The Labute approximate surface area is 123 Å². The predicted molar refractivity (Wildman–Crippen MR) is 81.6 cm³/mol. The van der Waals surface area contributed by atoms with Crippen molar-refractivity contribution < 1.29 is 4.74 Å². The Morgan fingerprint density at radius 3 is 3.00 bits per heavy atom. The van der Waals surface area contributed by atoms with E-state index in [0.717, 1.165) is 55.8 Å². The van der Waals surface area contributed by atoms with Crippen LogP contribution in [0.5, 0.6) is 0 Å². The standard InChI is InChI=1S/C14H22BrN3O/c1-11-9-14(18-10-13(11)15)17-5-2-8-19-12-3-6-16-7-4-12/h9-10,12,16H,2-8H2,1H3,(H,17,18). The van der Waals surface area contributed by atoms with Gasteiger partial charge in [-0.2, -0.15) is 0 Å². The van der Waals surface area contributed by atoms with Crippen molar-refractivity contribution in [2.75, 3.05) is 31.6 Å². The average Bonchev–Trinajstić information content (AvgIpc) is 2.43. The Hall–Kier alpha value is -0.650. The second-order valence-corrected chi connectivity index (χ2v) is 5.77. The number of piperidine rings is 1. The van der Waals surface area contributed by atoms with Gasteiger partial charge >= 0.3 is 0 Å². The number of aryl methyl sites for hydroxylation is 1. The molecular formula is C14H22BrN3O. The van der Waals surface area contributed by atoms with Crippen LogP contribution in [0.15, 0.2) is 16.7 Å². The van der Waals surface area contributed by atoms with Gasteiger partial charge in [-0.1, -0.05) is 0 Å². The molecule has 106 valence electrons. The van der Waals surface area contributed by atoms with Crippen molar-refractivity contribution >= 4 is 21.7 Å². The maximum Gasteiger partial charge on any atom is 0.126 e. The van der Waals surface area contributed by atoms with Gasteiger partial charge in [-0.25, -0.2) is 4.98 Å². The summed E-state index contributed by atoms with van der Waals surface area (Å²) < 4.78 is 6.90. The molecule has 2 heterocycles. The number of pyridine rings is 1. The smallest absolute Gasteiger partial charge is 0.126 e. The Kier molecular flexibility index (Phi) is 6.07. The minimum absolute atomic E-state index is 0.453. The fourth-order valence-electron chi connectivity index (χ4n) is 2.14. The van der Waals surface area contributed by atoms with E-state index in [-0.39, 0.29) is 0 Å². The molecular weight excluding hydrogens is 306 g/mol. The van der Waals surface area contributed by atoms with Gasteiger partial charge in [0.05, 0.1) is 6.10 Å². The van der Waals surface area contributed by atoms with Crippen LogP contribution in [0.3, 0.4) is 0 Å². The summed E-state index contributed by atoms with van der Waals surface area (Å²) in [5, 5.41) is 6.67. The molecule has 19 heavy (non-hydrogen) atoms. The monoisotopic (exact) mass is 327 g/mol. The number of rotatable bonds is 6. The summed E-state index contributed by atoms with van der Waals surface area (Å²) in [6, 6.07) is 2.05. The maximum absolute atomic E-state index is 5.86. The van der Waals surface area contributed by atoms with E-state index in [0.29, 0.717) is 6.10 Å². The molecule has 2 rings (SSSR count). The molecule has 0 bridgehead atoms. The lowest BCUT2D eigenvalue weighted by molar-refractivity contribution is 0.0329. The van der Waals surface area contributed by atoms with Crippen molar-refractivity contribution in [1.29, 1.82) is 0 Å². The van der Waals surface area contributed by atoms with E-state index in [1.54, 1.807) is 0 Å². The zero-order valence-corrected chi connectivity index (χ0v) is 13.0. The molecule has 1 aromatic rings. The first-order valence-corrected chi connectivity index (χ1v) is 7.73. The molecule has 1 aromatic heterocycles. The zero-order valence-electron chi connectivity index (χ0n) is 11.4. The largest absolute Gasteiger partial charge is 0.378 e. The van der Waals surface area contributed by atoms with Crippen LogP contribution in [0.4, 0.5) is 5.82 Å². The molecule has 2 N–H and O–H groups in total. The molecule has 4 nitrogen and oxygen atoms in total. The zero-order chi connectivity index (χ0) is 13.5. The summed E-state index contributed by atoms with van der Waals surface area (Å²) >= 11 is 3.45. The number of aromatic nitrogens is 1.